The summed E-state index contributed by atoms with van der Waals surface area (Å²) in [6.45, 7) is 1.49. The first kappa shape index (κ1) is 10.5. The van der Waals surface area contributed by atoms with Gasteiger partial charge >= 0.3 is 0 Å². The molecule has 1 atom stereocenters. The Hall–Kier alpha value is -1.62. The highest BCUT2D eigenvalue weighted by molar-refractivity contribution is 5.93. The second-order valence-electron chi connectivity index (χ2n) is 2.97. The van der Waals surface area contributed by atoms with Crippen molar-refractivity contribution in [2.75, 3.05) is 6.61 Å². The summed E-state index contributed by atoms with van der Waals surface area (Å²) in [6.07, 6.45) is 1.45. The average Bonchev–Trinajstić information content (AvgIpc) is 2.18. The molecule has 0 bridgehead atoms. The first-order chi connectivity index (χ1) is 6.65. The van der Waals surface area contributed by atoms with Crippen molar-refractivity contribution in [3.8, 4) is 0 Å². The molecule has 0 aliphatic rings. The molecule has 0 aromatic carbocycles. The van der Waals surface area contributed by atoms with Gasteiger partial charge in [0, 0.05) is 12.2 Å². The Morgan fingerprint density at radius 2 is 2.43 bits per heavy atom. The van der Waals surface area contributed by atoms with Crippen LogP contribution >= 0.6 is 0 Å². The summed E-state index contributed by atoms with van der Waals surface area (Å²) in [7, 11) is 0. The number of nitrogens with one attached hydrogen (secondary N) is 2. The van der Waals surface area contributed by atoms with Crippen LogP contribution in [0.2, 0.25) is 0 Å². The molecule has 0 saturated heterocycles. The standard InChI is InChI=1S/C9H12N2O3/c1-6(5-12)11-9(14)7-3-2-4-10-8(7)13/h2-4,6,12H,5H2,1H3,(H,10,13)(H,11,14)/t6-/m1/s1. The van der Waals surface area contributed by atoms with E-state index in [0.29, 0.717) is 0 Å². The SMILES string of the molecule is C[C@H](CO)NC(=O)c1ccc[nH]c1=O. The number of aromatic amines is 1. The van der Waals surface area contributed by atoms with E-state index in [1.807, 2.05) is 0 Å². The lowest BCUT2D eigenvalue weighted by Crippen LogP contribution is -2.37. The van der Waals surface area contributed by atoms with E-state index in [4.69, 9.17) is 5.11 Å². The molecule has 1 rings (SSSR count). The van der Waals surface area contributed by atoms with Gasteiger partial charge in [0.1, 0.15) is 5.56 Å². The van der Waals surface area contributed by atoms with Crippen molar-refractivity contribution in [2.24, 2.45) is 0 Å². The Morgan fingerprint density at radius 1 is 1.71 bits per heavy atom. The maximum Gasteiger partial charge on any atom is 0.260 e. The van der Waals surface area contributed by atoms with Gasteiger partial charge in [0.25, 0.3) is 11.5 Å². The Bertz CT molecular complexity index is 372. The maximum absolute atomic E-state index is 11.4. The van der Waals surface area contributed by atoms with Crippen LogP contribution < -0.4 is 10.9 Å². The number of aliphatic hydroxyl groups is 1. The highest BCUT2D eigenvalue weighted by atomic mass is 16.3. The van der Waals surface area contributed by atoms with Gasteiger partial charge in [-0.15, -0.1) is 0 Å². The molecule has 0 radical (unpaired) electrons. The van der Waals surface area contributed by atoms with Crippen molar-refractivity contribution in [3.63, 3.8) is 0 Å². The topological polar surface area (TPSA) is 82.2 Å². The zero-order valence-electron chi connectivity index (χ0n) is 7.78. The van der Waals surface area contributed by atoms with Crippen molar-refractivity contribution < 1.29 is 9.90 Å². The van der Waals surface area contributed by atoms with Gasteiger partial charge in [0.2, 0.25) is 0 Å². The number of H-pyrrole nitrogens is 1. The lowest BCUT2D eigenvalue weighted by molar-refractivity contribution is 0.0921. The fourth-order valence-corrected chi connectivity index (χ4v) is 0.948. The van der Waals surface area contributed by atoms with E-state index in [-0.39, 0.29) is 18.2 Å². The Kier molecular flexibility index (Phi) is 3.41. The van der Waals surface area contributed by atoms with Gasteiger partial charge < -0.3 is 15.4 Å². The first-order valence-corrected chi connectivity index (χ1v) is 4.24. The molecule has 76 valence electrons. The van der Waals surface area contributed by atoms with Crippen molar-refractivity contribution >= 4 is 5.91 Å². The summed E-state index contributed by atoms with van der Waals surface area (Å²) in [5.41, 5.74) is -0.386. The average molecular weight is 196 g/mol. The summed E-state index contributed by atoms with van der Waals surface area (Å²) < 4.78 is 0. The molecular weight excluding hydrogens is 184 g/mol. The molecule has 1 amide bonds. The fraction of sp³-hybridized carbons (Fsp3) is 0.333. The second-order valence-corrected chi connectivity index (χ2v) is 2.97. The second kappa shape index (κ2) is 4.57. The molecule has 3 N–H and O–H groups in total. The molecule has 1 heterocycles. The molecule has 14 heavy (non-hydrogen) atoms. The lowest BCUT2D eigenvalue weighted by atomic mass is 10.2. The lowest BCUT2D eigenvalue weighted by Gasteiger charge is -2.09. The smallest absolute Gasteiger partial charge is 0.260 e. The number of amides is 1. The third-order valence-electron chi connectivity index (χ3n) is 1.71. The van der Waals surface area contributed by atoms with Crippen LogP contribution in [0.1, 0.15) is 17.3 Å². The maximum atomic E-state index is 11.4. The number of hydrogen-bond acceptors (Lipinski definition) is 3. The molecule has 1 aromatic rings. The Morgan fingerprint density at radius 3 is 3.00 bits per heavy atom. The normalized spacial score (nSPS) is 12.1. The van der Waals surface area contributed by atoms with E-state index in [1.54, 1.807) is 13.0 Å². The number of aromatic nitrogens is 1. The van der Waals surface area contributed by atoms with E-state index in [9.17, 15) is 9.59 Å². The van der Waals surface area contributed by atoms with Crippen LogP contribution in [0.4, 0.5) is 0 Å². The van der Waals surface area contributed by atoms with Crippen LogP contribution in [0.25, 0.3) is 0 Å². The summed E-state index contributed by atoms with van der Waals surface area (Å²) in [5.74, 6) is -0.478. The van der Waals surface area contributed by atoms with Crippen molar-refractivity contribution in [2.45, 2.75) is 13.0 Å². The summed E-state index contributed by atoms with van der Waals surface area (Å²) >= 11 is 0. The Balaban J connectivity index is 2.80. The highest BCUT2D eigenvalue weighted by Crippen LogP contribution is 1.90. The quantitative estimate of drug-likeness (QED) is 0.608. The van der Waals surface area contributed by atoms with E-state index in [2.05, 4.69) is 10.3 Å². The number of aliphatic hydroxyl groups excluding tert-OH is 1. The molecule has 1 aromatic heterocycles. The monoisotopic (exact) mass is 196 g/mol. The molecule has 5 heteroatoms. The minimum atomic E-state index is -0.478. The molecular formula is C9H12N2O3. The van der Waals surface area contributed by atoms with Crippen molar-refractivity contribution in [1.82, 2.24) is 10.3 Å². The minimum Gasteiger partial charge on any atom is -0.394 e. The molecule has 0 aliphatic heterocycles. The molecule has 5 nitrogen and oxygen atoms in total. The largest absolute Gasteiger partial charge is 0.394 e. The van der Waals surface area contributed by atoms with Gasteiger partial charge in [-0.1, -0.05) is 0 Å². The van der Waals surface area contributed by atoms with Crippen LogP contribution in [0, 0.1) is 0 Å². The van der Waals surface area contributed by atoms with Gasteiger partial charge in [-0.25, -0.2) is 0 Å². The predicted octanol–water partition coefficient (Wildman–Crippen LogP) is -0.514. The van der Waals surface area contributed by atoms with E-state index >= 15 is 0 Å². The molecule has 0 fully saturated rings. The molecule has 0 spiro atoms. The first-order valence-electron chi connectivity index (χ1n) is 4.24. The molecule has 0 unspecified atom stereocenters. The number of pyridine rings is 1. The predicted molar refractivity (Wildman–Crippen MR) is 51.1 cm³/mol. The zero-order chi connectivity index (χ0) is 10.6. The summed E-state index contributed by atoms with van der Waals surface area (Å²) in [5, 5.41) is 11.2. The van der Waals surface area contributed by atoms with Crippen LogP contribution in [-0.2, 0) is 0 Å². The molecule has 0 saturated carbocycles. The number of carbonyl (C=O) groups is 1. The minimum absolute atomic E-state index is 0.0489. The van der Waals surface area contributed by atoms with E-state index in [0.717, 1.165) is 0 Å². The van der Waals surface area contributed by atoms with Crippen molar-refractivity contribution in [1.29, 1.82) is 0 Å². The van der Waals surface area contributed by atoms with Crippen LogP contribution in [0.3, 0.4) is 0 Å². The zero-order valence-corrected chi connectivity index (χ0v) is 7.78. The van der Waals surface area contributed by atoms with Crippen LogP contribution in [0.15, 0.2) is 23.1 Å². The number of rotatable bonds is 3. The van der Waals surface area contributed by atoms with Gasteiger partial charge in [0.15, 0.2) is 0 Å². The Labute approximate surface area is 80.8 Å². The highest BCUT2D eigenvalue weighted by Gasteiger charge is 2.11. The summed E-state index contributed by atoms with van der Waals surface area (Å²) in [4.78, 5) is 24.9. The van der Waals surface area contributed by atoms with Crippen molar-refractivity contribution in [3.05, 3.63) is 34.2 Å². The van der Waals surface area contributed by atoms with Gasteiger partial charge in [-0.2, -0.15) is 0 Å². The summed E-state index contributed by atoms with van der Waals surface area (Å²) in [6, 6.07) is 2.64. The number of carbonyl (C=O) groups excluding carboxylic acids is 1. The van der Waals surface area contributed by atoms with Crippen LogP contribution in [0.5, 0.6) is 0 Å². The van der Waals surface area contributed by atoms with E-state index < -0.39 is 11.5 Å². The van der Waals surface area contributed by atoms with Gasteiger partial charge in [0.05, 0.1) is 6.61 Å². The number of hydrogen-bond donors (Lipinski definition) is 3. The third-order valence-corrected chi connectivity index (χ3v) is 1.71. The van der Waals surface area contributed by atoms with E-state index in [1.165, 1.54) is 12.3 Å². The third kappa shape index (κ3) is 2.43. The fourth-order valence-electron chi connectivity index (χ4n) is 0.948. The molecule has 0 aliphatic carbocycles. The van der Waals surface area contributed by atoms with Crippen LogP contribution in [-0.4, -0.2) is 28.6 Å². The van der Waals surface area contributed by atoms with Gasteiger partial charge in [-0.05, 0) is 19.1 Å². The van der Waals surface area contributed by atoms with Gasteiger partial charge in [-0.3, -0.25) is 9.59 Å².